The highest BCUT2D eigenvalue weighted by Gasteiger charge is 2.01. The molecule has 0 aliphatic carbocycles. The number of carbonyl (C=O) groups is 1. The number of benzene rings is 1. The Morgan fingerprint density at radius 3 is 2.81 bits per heavy atom. The second-order valence-corrected chi connectivity index (χ2v) is 4.18. The molecule has 0 fully saturated rings. The highest BCUT2D eigenvalue weighted by atomic mass is 35.5. The van der Waals surface area contributed by atoms with Crippen LogP contribution in [0.1, 0.15) is 12.0 Å². The molecule has 1 aromatic rings. The SMILES string of the molecule is CNC(=O)CCNCc1cc(Cl)ccc1Cl. The van der Waals surface area contributed by atoms with E-state index in [0.29, 0.717) is 29.6 Å². The largest absolute Gasteiger partial charge is 0.359 e. The monoisotopic (exact) mass is 260 g/mol. The molecule has 0 saturated heterocycles. The van der Waals surface area contributed by atoms with E-state index in [4.69, 9.17) is 23.2 Å². The third-order valence-electron chi connectivity index (χ3n) is 2.13. The summed E-state index contributed by atoms with van der Waals surface area (Å²) in [6, 6.07) is 5.33. The molecule has 2 N–H and O–H groups in total. The first-order valence-electron chi connectivity index (χ1n) is 4.98. The summed E-state index contributed by atoms with van der Waals surface area (Å²) in [7, 11) is 1.62. The van der Waals surface area contributed by atoms with Crippen molar-refractivity contribution in [2.24, 2.45) is 0 Å². The third kappa shape index (κ3) is 4.39. The Labute approximate surface area is 105 Å². The zero-order valence-corrected chi connectivity index (χ0v) is 10.5. The molecule has 0 bridgehead atoms. The van der Waals surface area contributed by atoms with Crippen molar-refractivity contribution in [1.82, 2.24) is 10.6 Å². The van der Waals surface area contributed by atoms with Crippen LogP contribution in [0.2, 0.25) is 10.0 Å². The van der Waals surface area contributed by atoms with Crippen molar-refractivity contribution >= 4 is 29.1 Å². The van der Waals surface area contributed by atoms with E-state index < -0.39 is 0 Å². The summed E-state index contributed by atoms with van der Waals surface area (Å²) in [5.74, 6) is 0.0182. The molecule has 1 amide bonds. The van der Waals surface area contributed by atoms with Crippen LogP contribution in [0, 0.1) is 0 Å². The Morgan fingerprint density at radius 2 is 2.12 bits per heavy atom. The van der Waals surface area contributed by atoms with E-state index in [1.165, 1.54) is 0 Å². The number of carbonyl (C=O) groups excluding carboxylic acids is 1. The summed E-state index contributed by atoms with van der Waals surface area (Å²) in [5.41, 5.74) is 0.936. The van der Waals surface area contributed by atoms with Crippen molar-refractivity contribution in [3.63, 3.8) is 0 Å². The first-order chi connectivity index (χ1) is 7.63. The lowest BCUT2D eigenvalue weighted by atomic mass is 10.2. The van der Waals surface area contributed by atoms with Gasteiger partial charge in [-0.3, -0.25) is 4.79 Å². The van der Waals surface area contributed by atoms with Crippen molar-refractivity contribution < 1.29 is 4.79 Å². The molecule has 0 aliphatic rings. The zero-order valence-electron chi connectivity index (χ0n) is 9.02. The van der Waals surface area contributed by atoms with E-state index in [9.17, 15) is 4.79 Å². The quantitative estimate of drug-likeness (QED) is 0.798. The van der Waals surface area contributed by atoms with Crippen LogP contribution in [0.25, 0.3) is 0 Å². The molecule has 0 saturated carbocycles. The Kier molecular flexibility index (Phi) is 5.60. The van der Waals surface area contributed by atoms with Crippen LogP contribution < -0.4 is 10.6 Å². The highest BCUT2D eigenvalue weighted by Crippen LogP contribution is 2.20. The number of hydrogen-bond acceptors (Lipinski definition) is 2. The van der Waals surface area contributed by atoms with Gasteiger partial charge in [0, 0.05) is 36.6 Å². The van der Waals surface area contributed by atoms with Crippen molar-refractivity contribution in [2.75, 3.05) is 13.6 Å². The van der Waals surface area contributed by atoms with Gasteiger partial charge in [0.25, 0.3) is 0 Å². The highest BCUT2D eigenvalue weighted by molar-refractivity contribution is 6.33. The fourth-order valence-electron chi connectivity index (χ4n) is 1.23. The van der Waals surface area contributed by atoms with Gasteiger partial charge in [0.2, 0.25) is 5.91 Å². The van der Waals surface area contributed by atoms with E-state index in [1.807, 2.05) is 6.07 Å². The smallest absolute Gasteiger partial charge is 0.221 e. The Bertz CT molecular complexity index is 369. The third-order valence-corrected chi connectivity index (χ3v) is 2.73. The molecule has 0 atom stereocenters. The molecule has 0 unspecified atom stereocenters. The van der Waals surface area contributed by atoms with E-state index in [1.54, 1.807) is 19.2 Å². The standard InChI is InChI=1S/C11H14Cl2N2O/c1-14-11(16)4-5-15-7-8-6-9(12)2-3-10(8)13/h2-3,6,15H,4-5,7H2,1H3,(H,14,16). The molecule has 0 spiro atoms. The van der Waals surface area contributed by atoms with Crippen LogP contribution in [-0.2, 0) is 11.3 Å². The molecule has 0 aliphatic heterocycles. The molecular weight excluding hydrogens is 247 g/mol. The van der Waals surface area contributed by atoms with Crippen molar-refractivity contribution in [3.05, 3.63) is 33.8 Å². The Hall–Kier alpha value is -0.770. The maximum absolute atomic E-state index is 10.9. The van der Waals surface area contributed by atoms with Gasteiger partial charge in [-0.1, -0.05) is 23.2 Å². The number of nitrogens with one attached hydrogen (secondary N) is 2. The van der Waals surface area contributed by atoms with Gasteiger partial charge in [-0.05, 0) is 23.8 Å². The van der Waals surface area contributed by atoms with E-state index in [2.05, 4.69) is 10.6 Å². The number of amides is 1. The molecule has 0 heterocycles. The van der Waals surface area contributed by atoms with Crippen LogP contribution >= 0.6 is 23.2 Å². The summed E-state index contributed by atoms with van der Waals surface area (Å²) in [4.78, 5) is 10.9. The van der Waals surface area contributed by atoms with Gasteiger partial charge < -0.3 is 10.6 Å². The molecule has 5 heteroatoms. The lowest BCUT2D eigenvalue weighted by Gasteiger charge is -2.06. The number of hydrogen-bond donors (Lipinski definition) is 2. The second-order valence-electron chi connectivity index (χ2n) is 3.34. The average molecular weight is 261 g/mol. The minimum absolute atomic E-state index is 0.0182. The normalized spacial score (nSPS) is 10.2. The lowest BCUT2D eigenvalue weighted by molar-refractivity contribution is -0.120. The number of rotatable bonds is 5. The van der Waals surface area contributed by atoms with E-state index in [-0.39, 0.29) is 5.91 Å². The summed E-state index contributed by atoms with van der Waals surface area (Å²) < 4.78 is 0. The predicted octanol–water partition coefficient (Wildman–Crippen LogP) is 2.22. The molecule has 16 heavy (non-hydrogen) atoms. The molecular formula is C11H14Cl2N2O. The second kappa shape index (κ2) is 6.74. The molecule has 0 radical (unpaired) electrons. The van der Waals surface area contributed by atoms with Gasteiger partial charge in [0.1, 0.15) is 0 Å². The summed E-state index contributed by atoms with van der Waals surface area (Å²) in [6.07, 6.45) is 0.453. The van der Waals surface area contributed by atoms with Gasteiger partial charge >= 0.3 is 0 Å². The lowest BCUT2D eigenvalue weighted by Crippen LogP contribution is -2.24. The van der Waals surface area contributed by atoms with Crippen LogP contribution in [0.15, 0.2) is 18.2 Å². The fourth-order valence-corrected chi connectivity index (χ4v) is 1.61. The first-order valence-corrected chi connectivity index (χ1v) is 5.74. The van der Waals surface area contributed by atoms with Crippen LogP contribution in [0.3, 0.4) is 0 Å². The number of halogens is 2. The van der Waals surface area contributed by atoms with Gasteiger partial charge in [0.15, 0.2) is 0 Å². The van der Waals surface area contributed by atoms with Gasteiger partial charge in [0.05, 0.1) is 0 Å². The van der Waals surface area contributed by atoms with Gasteiger partial charge in [-0.25, -0.2) is 0 Å². The molecule has 0 aromatic heterocycles. The van der Waals surface area contributed by atoms with Gasteiger partial charge in [-0.2, -0.15) is 0 Å². The van der Waals surface area contributed by atoms with Crippen molar-refractivity contribution in [3.8, 4) is 0 Å². The maximum atomic E-state index is 10.9. The van der Waals surface area contributed by atoms with Crippen LogP contribution in [0.4, 0.5) is 0 Å². The minimum atomic E-state index is 0.0182. The molecule has 88 valence electrons. The van der Waals surface area contributed by atoms with E-state index >= 15 is 0 Å². The Morgan fingerprint density at radius 1 is 1.38 bits per heavy atom. The molecule has 1 rings (SSSR count). The fraction of sp³-hybridized carbons (Fsp3) is 0.364. The maximum Gasteiger partial charge on any atom is 0.221 e. The van der Waals surface area contributed by atoms with E-state index in [0.717, 1.165) is 5.56 Å². The zero-order chi connectivity index (χ0) is 12.0. The van der Waals surface area contributed by atoms with Crippen molar-refractivity contribution in [1.29, 1.82) is 0 Å². The molecule has 3 nitrogen and oxygen atoms in total. The first kappa shape index (κ1) is 13.3. The average Bonchev–Trinajstić information content (AvgIpc) is 2.28. The van der Waals surface area contributed by atoms with Crippen molar-refractivity contribution in [2.45, 2.75) is 13.0 Å². The summed E-state index contributed by atoms with van der Waals surface area (Å²) in [5, 5.41) is 7.03. The molecule has 1 aromatic carbocycles. The predicted molar refractivity (Wildman–Crippen MR) is 66.9 cm³/mol. The summed E-state index contributed by atoms with van der Waals surface area (Å²) >= 11 is 11.8. The van der Waals surface area contributed by atoms with Gasteiger partial charge in [-0.15, -0.1) is 0 Å². The van der Waals surface area contributed by atoms with Crippen LogP contribution in [0.5, 0.6) is 0 Å². The summed E-state index contributed by atoms with van der Waals surface area (Å²) in [6.45, 7) is 1.22. The minimum Gasteiger partial charge on any atom is -0.359 e. The Balaban J connectivity index is 2.37. The topological polar surface area (TPSA) is 41.1 Å². The van der Waals surface area contributed by atoms with Crippen LogP contribution in [-0.4, -0.2) is 19.5 Å².